The molecule has 0 heterocycles. The van der Waals surface area contributed by atoms with Crippen LogP contribution >= 0.6 is 15.9 Å². The molecule has 0 atom stereocenters. The molecule has 1 aromatic rings. The van der Waals surface area contributed by atoms with Crippen LogP contribution in [-0.4, -0.2) is 16.5 Å². The van der Waals surface area contributed by atoms with Gasteiger partial charge in [0.15, 0.2) is 0 Å². The molecule has 1 rings (SSSR count). The van der Waals surface area contributed by atoms with E-state index in [4.69, 9.17) is 4.74 Å². The van der Waals surface area contributed by atoms with Crippen molar-refractivity contribution in [2.45, 2.75) is 26.4 Å². The smallest absolute Gasteiger partial charge is 0.331 e. The fraction of sp³-hybridized carbons (Fsp3) is 0.308. The maximum absolute atomic E-state index is 11.5. The average Bonchev–Trinajstić information content (AvgIpc) is 2.25. The monoisotopic (exact) mass is 327 g/mol. The topological polar surface area (TPSA) is 69.4 Å². The summed E-state index contributed by atoms with van der Waals surface area (Å²) < 4.78 is 5.49. The Morgan fingerprint density at radius 2 is 2.05 bits per heavy atom. The highest BCUT2D eigenvalue weighted by atomic mass is 79.9. The van der Waals surface area contributed by atoms with Crippen molar-refractivity contribution in [2.75, 3.05) is 0 Å². The largest absolute Gasteiger partial charge is 0.457 e. The number of rotatable bonds is 3. The first-order chi connectivity index (χ1) is 8.69. The summed E-state index contributed by atoms with van der Waals surface area (Å²) in [6, 6.07) is 4.61. The lowest BCUT2D eigenvalue weighted by molar-refractivity contribution is -0.385. The van der Waals surface area contributed by atoms with E-state index in [9.17, 15) is 14.9 Å². The zero-order valence-corrected chi connectivity index (χ0v) is 12.4. The Morgan fingerprint density at radius 1 is 1.42 bits per heavy atom. The highest BCUT2D eigenvalue weighted by molar-refractivity contribution is 9.10. The summed E-state index contributed by atoms with van der Waals surface area (Å²) in [5.41, 5.74) is -0.0558. The fourth-order valence-electron chi connectivity index (χ4n) is 1.27. The van der Waals surface area contributed by atoms with Gasteiger partial charge in [0.2, 0.25) is 0 Å². The number of halogens is 1. The van der Waals surface area contributed by atoms with Crippen molar-refractivity contribution in [2.24, 2.45) is 0 Å². The summed E-state index contributed by atoms with van der Waals surface area (Å²) in [4.78, 5) is 21.7. The number of carbonyl (C=O) groups is 1. The minimum Gasteiger partial charge on any atom is -0.457 e. The number of benzene rings is 1. The normalized spacial score (nSPS) is 11.6. The van der Waals surface area contributed by atoms with Crippen molar-refractivity contribution in [1.82, 2.24) is 0 Å². The molecule has 1 aromatic carbocycles. The Kier molecular flexibility index (Phi) is 4.83. The molecule has 0 aliphatic heterocycles. The number of hydrogen-bond acceptors (Lipinski definition) is 4. The van der Waals surface area contributed by atoms with E-state index in [1.54, 1.807) is 32.9 Å². The summed E-state index contributed by atoms with van der Waals surface area (Å²) in [5.74, 6) is -0.488. The second kappa shape index (κ2) is 5.97. The molecule has 0 aromatic heterocycles. The van der Waals surface area contributed by atoms with Crippen LogP contribution < -0.4 is 0 Å². The van der Waals surface area contributed by atoms with Crippen molar-refractivity contribution >= 4 is 33.7 Å². The zero-order valence-electron chi connectivity index (χ0n) is 10.8. The first-order valence-corrected chi connectivity index (χ1v) is 6.33. The van der Waals surface area contributed by atoms with Crippen LogP contribution in [0.1, 0.15) is 26.3 Å². The van der Waals surface area contributed by atoms with Gasteiger partial charge in [-0.05, 0) is 54.4 Å². The van der Waals surface area contributed by atoms with E-state index in [0.717, 1.165) is 0 Å². The van der Waals surface area contributed by atoms with Crippen molar-refractivity contribution in [3.63, 3.8) is 0 Å². The van der Waals surface area contributed by atoms with Crippen LogP contribution in [0.5, 0.6) is 0 Å². The molecule has 0 saturated carbocycles. The lowest BCUT2D eigenvalue weighted by atomic mass is 10.2. The van der Waals surface area contributed by atoms with E-state index < -0.39 is 16.5 Å². The molecule has 5 nitrogen and oxygen atoms in total. The third-order valence-electron chi connectivity index (χ3n) is 1.99. The molecule has 0 N–H and O–H groups in total. The minimum atomic E-state index is -0.562. The number of nitro groups is 1. The van der Waals surface area contributed by atoms with Gasteiger partial charge >= 0.3 is 5.97 Å². The number of ether oxygens (including phenoxy) is 1. The van der Waals surface area contributed by atoms with E-state index in [2.05, 4.69) is 15.9 Å². The van der Waals surface area contributed by atoms with Crippen molar-refractivity contribution in [3.05, 3.63) is 44.4 Å². The van der Waals surface area contributed by atoms with Gasteiger partial charge in [-0.1, -0.05) is 6.07 Å². The van der Waals surface area contributed by atoms with Crippen molar-refractivity contribution < 1.29 is 14.5 Å². The van der Waals surface area contributed by atoms with Gasteiger partial charge < -0.3 is 4.74 Å². The highest BCUT2D eigenvalue weighted by Gasteiger charge is 2.14. The van der Waals surface area contributed by atoms with Crippen LogP contribution in [0.2, 0.25) is 0 Å². The summed E-state index contributed by atoms with van der Waals surface area (Å²) >= 11 is 3.09. The average molecular weight is 328 g/mol. The molecule has 0 unspecified atom stereocenters. The van der Waals surface area contributed by atoms with E-state index in [1.807, 2.05) is 0 Å². The molecule has 0 saturated heterocycles. The Balaban J connectivity index is 2.86. The van der Waals surface area contributed by atoms with Crippen LogP contribution in [0.15, 0.2) is 28.7 Å². The van der Waals surface area contributed by atoms with Crippen LogP contribution in [-0.2, 0) is 9.53 Å². The molecule has 0 aliphatic carbocycles. The summed E-state index contributed by atoms with van der Waals surface area (Å²) in [5, 5.41) is 10.8. The van der Waals surface area contributed by atoms with Gasteiger partial charge in [-0.2, -0.15) is 0 Å². The quantitative estimate of drug-likeness (QED) is 0.367. The Morgan fingerprint density at radius 3 is 2.58 bits per heavy atom. The third kappa shape index (κ3) is 5.21. The van der Waals surface area contributed by atoms with E-state index in [-0.39, 0.29) is 5.69 Å². The third-order valence-corrected chi connectivity index (χ3v) is 2.66. The second-order valence-corrected chi connectivity index (χ2v) is 5.69. The number of hydrogen-bond donors (Lipinski definition) is 0. The van der Waals surface area contributed by atoms with Gasteiger partial charge in [-0.25, -0.2) is 4.79 Å². The van der Waals surface area contributed by atoms with Crippen LogP contribution in [0.25, 0.3) is 6.08 Å². The molecular weight excluding hydrogens is 314 g/mol. The minimum absolute atomic E-state index is 0.0497. The van der Waals surface area contributed by atoms with Gasteiger partial charge in [0, 0.05) is 12.1 Å². The first-order valence-electron chi connectivity index (χ1n) is 5.54. The molecule has 6 heteroatoms. The standard InChI is InChI=1S/C13H14BrNO4/c1-13(2,3)19-12(16)7-5-9-4-6-10(14)11(8-9)15(17)18/h4-8H,1-3H3. The predicted octanol–water partition coefficient (Wildman–Crippen LogP) is 3.71. The van der Waals surface area contributed by atoms with Gasteiger partial charge in [-0.15, -0.1) is 0 Å². The molecular formula is C13H14BrNO4. The number of nitrogens with zero attached hydrogens (tertiary/aromatic N) is 1. The lowest BCUT2D eigenvalue weighted by Gasteiger charge is -2.17. The first kappa shape index (κ1) is 15.4. The Bertz CT molecular complexity index is 532. The molecule has 0 amide bonds. The van der Waals surface area contributed by atoms with Gasteiger partial charge in [0.1, 0.15) is 5.60 Å². The predicted molar refractivity (Wildman–Crippen MR) is 75.7 cm³/mol. The fourth-order valence-corrected chi connectivity index (χ4v) is 1.66. The maximum Gasteiger partial charge on any atom is 0.331 e. The molecule has 0 spiro atoms. The SMILES string of the molecule is CC(C)(C)OC(=O)C=Cc1ccc(Br)c([N+](=O)[O-])c1. The van der Waals surface area contributed by atoms with E-state index in [1.165, 1.54) is 18.2 Å². The Labute approximate surface area is 119 Å². The second-order valence-electron chi connectivity index (χ2n) is 4.83. The molecule has 102 valence electrons. The molecule has 0 radical (unpaired) electrons. The van der Waals surface area contributed by atoms with Crippen molar-refractivity contribution in [1.29, 1.82) is 0 Å². The molecule has 0 fully saturated rings. The van der Waals surface area contributed by atoms with Crippen molar-refractivity contribution in [3.8, 4) is 0 Å². The van der Waals surface area contributed by atoms with Crippen LogP contribution in [0, 0.1) is 10.1 Å². The van der Waals surface area contributed by atoms with Gasteiger partial charge in [0.05, 0.1) is 9.40 Å². The number of carbonyl (C=O) groups excluding carboxylic acids is 1. The zero-order chi connectivity index (χ0) is 14.6. The Hall–Kier alpha value is -1.69. The van der Waals surface area contributed by atoms with E-state index in [0.29, 0.717) is 10.0 Å². The lowest BCUT2D eigenvalue weighted by Crippen LogP contribution is -2.22. The molecule has 0 bridgehead atoms. The number of nitro benzene ring substituents is 1. The van der Waals surface area contributed by atoms with Gasteiger partial charge in [-0.3, -0.25) is 10.1 Å². The highest BCUT2D eigenvalue weighted by Crippen LogP contribution is 2.26. The van der Waals surface area contributed by atoms with E-state index >= 15 is 0 Å². The maximum atomic E-state index is 11.5. The van der Waals surface area contributed by atoms with Gasteiger partial charge in [0.25, 0.3) is 5.69 Å². The summed E-state index contributed by atoms with van der Waals surface area (Å²) in [7, 11) is 0. The van der Waals surface area contributed by atoms with Crippen LogP contribution in [0.4, 0.5) is 5.69 Å². The summed E-state index contributed by atoms with van der Waals surface area (Å²) in [6.07, 6.45) is 2.73. The van der Waals surface area contributed by atoms with Crippen LogP contribution in [0.3, 0.4) is 0 Å². The molecule has 19 heavy (non-hydrogen) atoms. The number of esters is 1. The molecule has 0 aliphatic rings. The summed E-state index contributed by atoms with van der Waals surface area (Å²) in [6.45, 7) is 5.30.